The first kappa shape index (κ1) is 18.0. The molecule has 2 atom stereocenters. The third-order valence-corrected chi connectivity index (χ3v) is 3.96. The van der Waals surface area contributed by atoms with Crippen molar-refractivity contribution in [2.24, 2.45) is 0 Å². The van der Waals surface area contributed by atoms with Crippen LogP contribution < -0.4 is 10.6 Å². The zero-order chi connectivity index (χ0) is 14.8. The van der Waals surface area contributed by atoms with Gasteiger partial charge in [0, 0.05) is 18.5 Å². The molecule has 1 aromatic rings. The van der Waals surface area contributed by atoms with Crippen molar-refractivity contribution in [3.63, 3.8) is 0 Å². The summed E-state index contributed by atoms with van der Waals surface area (Å²) >= 11 is 0. The maximum absolute atomic E-state index is 12.0. The average Bonchev–Trinajstić information content (AvgIpc) is 2.83. The number of hydrogen-bond acceptors (Lipinski definition) is 3. The first-order valence-electron chi connectivity index (χ1n) is 7.15. The van der Waals surface area contributed by atoms with Crippen LogP contribution in [0.1, 0.15) is 31.4 Å². The highest BCUT2D eigenvalue weighted by Gasteiger charge is 2.29. The lowest BCUT2D eigenvalue weighted by Crippen LogP contribution is -2.45. The molecule has 21 heavy (non-hydrogen) atoms. The Hall–Kier alpha value is -1.10. The fourth-order valence-corrected chi connectivity index (χ4v) is 2.45. The lowest BCUT2D eigenvalue weighted by Gasteiger charge is -2.26. The van der Waals surface area contributed by atoms with Gasteiger partial charge in [-0.1, -0.05) is 43.7 Å². The van der Waals surface area contributed by atoms with E-state index < -0.39 is 6.10 Å². The van der Waals surface area contributed by atoms with Crippen LogP contribution in [0.3, 0.4) is 0 Å². The Bertz CT molecular complexity index is 474. The van der Waals surface area contributed by atoms with Gasteiger partial charge in [-0.3, -0.25) is 4.79 Å². The number of nitrogens with one attached hydrogen (secondary N) is 2. The van der Waals surface area contributed by atoms with Crippen LogP contribution in [0.4, 0.5) is 0 Å². The molecule has 2 unspecified atom stereocenters. The van der Waals surface area contributed by atoms with Gasteiger partial charge in [0.25, 0.3) is 0 Å². The van der Waals surface area contributed by atoms with Crippen LogP contribution >= 0.6 is 12.4 Å². The molecule has 0 spiro atoms. The molecule has 1 aliphatic rings. The third kappa shape index (κ3) is 4.70. The molecule has 1 heterocycles. The van der Waals surface area contributed by atoms with E-state index in [4.69, 9.17) is 0 Å². The molecule has 3 N–H and O–H groups in total. The summed E-state index contributed by atoms with van der Waals surface area (Å²) in [4.78, 5) is 12.0. The Morgan fingerprint density at radius 1 is 1.38 bits per heavy atom. The quantitative estimate of drug-likeness (QED) is 0.790. The molecule has 0 saturated carbocycles. The minimum atomic E-state index is -0.407. The zero-order valence-corrected chi connectivity index (χ0v) is 13.7. The van der Waals surface area contributed by atoms with E-state index in [-0.39, 0.29) is 29.8 Å². The predicted octanol–water partition coefficient (Wildman–Crippen LogP) is 1.53. The van der Waals surface area contributed by atoms with Gasteiger partial charge >= 0.3 is 0 Å². The molecule has 1 amide bonds. The fourth-order valence-electron chi connectivity index (χ4n) is 2.45. The van der Waals surface area contributed by atoms with E-state index in [1.807, 2.05) is 0 Å². The molecule has 1 aromatic carbocycles. The van der Waals surface area contributed by atoms with E-state index in [0.717, 1.165) is 0 Å². The summed E-state index contributed by atoms with van der Waals surface area (Å²) in [6, 6.07) is 8.14. The monoisotopic (exact) mass is 312 g/mol. The highest BCUT2D eigenvalue weighted by atomic mass is 35.5. The number of rotatable bonds is 4. The average molecular weight is 313 g/mol. The van der Waals surface area contributed by atoms with Gasteiger partial charge in [-0.05, 0) is 18.9 Å². The smallest absolute Gasteiger partial charge is 0.237 e. The Labute approximate surface area is 132 Å². The van der Waals surface area contributed by atoms with Gasteiger partial charge in [-0.25, -0.2) is 0 Å². The topological polar surface area (TPSA) is 61.4 Å². The summed E-state index contributed by atoms with van der Waals surface area (Å²) in [7, 11) is 0. The molecule has 0 radical (unpaired) electrons. The van der Waals surface area contributed by atoms with Crippen molar-refractivity contribution < 1.29 is 9.90 Å². The van der Waals surface area contributed by atoms with E-state index in [0.29, 0.717) is 19.5 Å². The van der Waals surface area contributed by atoms with E-state index in [1.165, 1.54) is 11.1 Å². The Kier molecular flexibility index (Phi) is 6.20. The molecule has 0 bridgehead atoms. The van der Waals surface area contributed by atoms with Gasteiger partial charge in [0.2, 0.25) is 5.91 Å². The summed E-state index contributed by atoms with van der Waals surface area (Å²) in [5.41, 5.74) is 2.33. The number of carbonyl (C=O) groups excluding carboxylic acids is 1. The summed E-state index contributed by atoms with van der Waals surface area (Å²) in [6.07, 6.45) is 0.0902. The number of amides is 1. The molecule has 1 saturated heterocycles. The van der Waals surface area contributed by atoms with E-state index in [9.17, 15) is 9.90 Å². The van der Waals surface area contributed by atoms with Gasteiger partial charge in [-0.15, -0.1) is 12.4 Å². The molecule has 118 valence electrons. The number of halogens is 1. The highest BCUT2D eigenvalue weighted by molar-refractivity contribution is 5.85. The third-order valence-electron chi connectivity index (χ3n) is 3.96. The van der Waals surface area contributed by atoms with Crippen molar-refractivity contribution >= 4 is 18.3 Å². The molecule has 4 nitrogen and oxygen atoms in total. The molecule has 0 aliphatic carbocycles. The van der Waals surface area contributed by atoms with E-state index in [2.05, 4.69) is 55.7 Å². The van der Waals surface area contributed by atoms with Crippen LogP contribution in [-0.2, 0) is 10.2 Å². The van der Waals surface area contributed by atoms with Crippen LogP contribution in [0.25, 0.3) is 0 Å². The minimum absolute atomic E-state index is 0. The second-order valence-corrected chi connectivity index (χ2v) is 6.32. The first-order valence-corrected chi connectivity index (χ1v) is 7.15. The molecule has 5 heteroatoms. The number of hydrogen-bond donors (Lipinski definition) is 3. The van der Waals surface area contributed by atoms with E-state index in [1.54, 1.807) is 0 Å². The van der Waals surface area contributed by atoms with Crippen LogP contribution in [0.5, 0.6) is 0 Å². The van der Waals surface area contributed by atoms with Gasteiger partial charge in [-0.2, -0.15) is 0 Å². The number of β-amino-alcohol motifs (C(OH)–C–C–N with tert-alkyl or cyclic N) is 1. The van der Waals surface area contributed by atoms with Crippen molar-refractivity contribution in [2.45, 2.75) is 44.8 Å². The predicted molar refractivity (Wildman–Crippen MR) is 86.9 cm³/mol. The lowest BCUT2D eigenvalue weighted by molar-refractivity contribution is -0.123. The van der Waals surface area contributed by atoms with Gasteiger partial charge < -0.3 is 15.7 Å². The van der Waals surface area contributed by atoms with E-state index >= 15 is 0 Å². The lowest BCUT2D eigenvalue weighted by atomic mass is 9.84. The Morgan fingerprint density at radius 2 is 2.00 bits per heavy atom. The highest BCUT2D eigenvalue weighted by Crippen LogP contribution is 2.22. The zero-order valence-electron chi connectivity index (χ0n) is 12.8. The van der Waals surface area contributed by atoms with Crippen molar-refractivity contribution in [1.29, 1.82) is 0 Å². The van der Waals surface area contributed by atoms with Crippen molar-refractivity contribution in [3.8, 4) is 0 Å². The maximum Gasteiger partial charge on any atom is 0.237 e. The Morgan fingerprint density at radius 3 is 2.52 bits per heavy atom. The summed E-state index contributed by atoms with van der Waals surface area (Å²) in [6.45, 7) is 7.39. The normalized spacial score (nSPS) is 21.7. The summed E-state index contributed by atoms with van der Waals surface area (Å²) < 4.78 is 0. The second kappa shape index (κ2) is 7.25. The van der Waals surface area contributed by atoms with Gasteiger partial charge in [0.15, 0.2) is 0 Å². The second-order valence-electron chi connectivity index (χ2n) is 6.32. The number of benzene rings is 1. The minimum Gasteiger partial charge on any atom is -0.392 e. The van der Waals surface area contributed by atoms with Crippen LogP contribution in [0.15, 0.2) is 24.3 Å². The largest absolute Gasteiger partial charge is 0.392 e. The SMILES string of the molecule is Cc1ccc(C(C)(C)CNC(=O)C2CC(O)CN2)cc1.Cl. The van der Waals surface area contributed by atoms with Crippen LogP contribution in [0.2, 0.25) is 0 Å². The van der Waals surface area contributed by atoms with Crippen molar-refractivity contribution in [2.75, 3.05) is 13.1 Å². The molecule has 2 rings (SSSR count). The number of carbonyl (C=O) groups is 1. The van der Waals surface area contributed by atoms with Crippen LogP contribution in [-0.4, -0.2) is 36.2 Å². The molecule has 0 aromatic heterocycles. The van der Waals surface area contributed by atoms with Crippen LogP contribution in [0, 0.1) is 6.92 Å². The van der Waals surface area contributed by atoms with Crippen molar-refractivity contribution in [1.82, 2.24) is 10.6 Å². The maximum atomic E-state index is 12.0. The summed E-state index contributed by atoms with van der Waals surface area (Å²) in [5.74, 6) is -0.0262. The molecular weight excluding hydrogens is 288 g/mol. The summed E-state index contributed by atoms with van der Waals surface area (Å²) in [5, 5.41) is 15.5. The molecule has 1 fully saturated rings. The fraction of sp³-hybridized carbons (Fsp3) is 0.562. The van der Waals surface area contributed by atoms with Gasteiger partial charge in [0.1, 0.15) is 0 Å². The first-order chi connectivity index (χ1) is 9.38. The number of aliphatic hydroxyl groups is 1. The van der Waals surface area contributed by atoms with Gasteiger partial charge in [0.05, 0.1) is 12.1 Å². The van der Waals surface area contributed by atoms with Crippen molar-refractivity contribution in [3.05, 3.63) is 35.4 Å². The number of aliphatic hydroxyl groups excluding tert-OH is 1. The molecular formula is C16H25ClN2O2. The standard InChI is InChI=1S/C16H24N2O2.ClH/c1-11-4-6-12(7-5-11)16(2,3)10-18-15(20)14-8-13(19)9-17-14;/h4-7,13-14,17,19H,8-10H2,1-3H3,(H,18,20);1H. The Balaban J connectivity index is 0.00000220. The molecule has 1 aliphatic heterocycles. The number of aryl methyl sites for hydroxylation is 1.